The highest BCUT2D eigenvalue weighted by Gasteiger charge is 2.08. The Morgan fingerprint density at radius 3 is 2.79 bits per heavy atom. The van der Waals surface area contributed by atoms with Crippen molar-refractivity contribution in [3.05, 3.63) is 52.8 Å². The Bertz CT molecular complexity index is 575. The standard InChI is InChI=1S/C13H9Cl2NO3/c14-9-3-4-12(11(15)6-9)18-8-13(17)19-10-2-1-5-16-7-10/h1-7H,8H2. The summed E-state index contributed by atoms with van der Waals surface area (Å²) in [6.07, 6.45) is 3.02. The fourth-order valence-corrected chi connectivity index (χ4v) is 1.76. The first-order valence-electron chi connectivity index (χ1n) is 5.34. The van der Waals surface area contributed by atoms with E-state index in [0.29, 0.717) is 21.5 Å². The SMILES string of the molecule is O=C(COc1ccc(Cl)cc1Cl)Oc1cccnc1. The van der Waals surface area contributed by atoms with Gasteiger partial charge in [0.2, 0.25) is 0 Å². The van der Waals surface area contributed by atoms with Crippen LogP contribution in [0.2, 0.25) is 10.0 Å². The van der Waals surface area contributed by atoms with E-state index in [1.165, 1.54) is 12.3 Å². The van der Waals surface area contributed by atoms with Crippen LogP contribution in [0.1, 0.15) is 0 Å². The van der Waals surface area contributed by atoms with Crippen LogP contribution >= 0.6 is 23.2 Å². The van der Waals surface area contributed by atoms with Gasteiger partial charge in [-0.15, -0.1) is 0 Å². The van der Waals surface area contributed by atoms with Crippen molar-refractivity contribution in [1.29, 1.82) is 0 Å². The monoisotopic (exact) mass is 297 g/mol. The fourth-order valence-electron chi connectivity index (χ4n) is 1.30. The zero-order valence-electron chi connectivity index (χ0n) is 9.68. The van der Waals surface area contributed by atoms with Gasteiger partial charge >= 0.3 is 5.97 Å². The predicted molar refractivity (Wildman–Crippen MR) is 71.8 cm³/mol. The molecule has 0 saturated carbocycles. The molecule has 0 amide bonds. The molecule has 0 radical (unpaired) electrons. The Kier molecular flexibility index (Phi) is 4.60. The molecule has 6 heteroatoms. The highest BCUT2D eigenvalue weighted by Crippen LogP contribution is 2.27. The van der Waals surface area contributed by atoms with Crippen molar-refractivity contribution in [2.75, 3.05) is 6.61 Å². The number of ether oxygens (including phenoxy) is 2. The van der Waals surface area contributed by atoms with Crippen molar-refractivity contribution in [3.8, 4) is 11.5 Å². The first kappa shape index (κ1) is 13.6. The number of aromatic nitrogens is 1. The highest BCUT2D eigenvalue weighted by molar-refractivity contribution is 6.35. The van der Waals surface area contributed by atoms with E-state index < -0.39 is 5.97 Å². The minimum Gasteiger partial charge on any atom is -0.480 e. The molecule has 19 heavy (non-hydrogen) atoms. The number of carbonyl (C=O) groups is 1. The van der Waals surface area contributed by atoms with Crippen molar-refractivity contribution in [2.45, 2.75) is 0 Å². The summed E-state index contributed by atoms with van der Waals surface area (Å²) in [5.41, 5.74) is 0. The van der Waals surface area contributed by atoms with Crippen LogP contribution in [-0.4, -0.2) is 17.6 Å². The lowest BCUT2D eigenvalue weighted by Gasteiger charge is -2.08. The molecule has 0 aliphatic heterocycles. The lowest BCUT2D eigenvalue weighted by molar-refractivity contribution is -0.136. The van der Waals surface area contributed by atoms with Crippen LogP contribution in [0.15, 0.2) is 42.7 Å². The molecule has 0 atom stereocenters. The maximum Gasteiger partial charge on any atom is 0.349 e. The van der Waals surface area contributed by atoms with Gasteiger partial charge in [0.25, 0.3) is 0 Å². The summed E-state index contributed by atoms with van der Waals surface area (Å²) >= 11 is 11.7. The number of hydrogen-bond acceptors (Lipinski definition) is 4. The van der Waals surface area contributed by atoms with Crippen molar-refractivity contribution in [1.82, 2.24) is 4.98 Å². The van der Waals surface area contributed by atoms with Gasteiger partial charge in [0, 0.05) is 11.2 Å². The first-order chi connectivity index (χ1) is 9.15. The number of pyridine rings is 1. The van der Waals surface area contributed by atoms with E-state index in [2.05, 4.69) is 4.98 Å². The second kappa shape index (κ2) is 6.41. The summed E-state index contributed by atoms with van der Waals surface area (Å²) in [7, 11) is 0. The molecular weight excluding hydrogens is 289 g/mol. The third-order valence-corrected chi connectivity index (χ3v) is 2.64. The van der Waals surface area contributed by atoms with Crippen LogP contribution in [0.25, 0.3) is 0 Å². The molecule has 2 aromatic rings. The second-order valence-corrected chi connectivity index (χ2v) is 4.37. The normalized spacial score (nSPS) is 10.0. The number of rotatable bonds is 4. The maximum atomic E-state index is 11.5. The summed E-state index contributed by atoms with van der Waals surface area (Å²) in [5.74, 6) is 0.187. The maximum absolute atomic E-state index is 11.5. The van der Waals surface area contributed by atoms with Crippen molar-refractivity contribution in [2.24, 2.45) is 0 Å². The Balaban J connectivity index is 1.90. The Labute approximate surface area is 119 Å². The van der Waals surface area contributed by atoms with Crippen molar-refractivity contribution in [3.63, 3.8) is 0 Å². The number of hydrogen-bond donors (Lipinski definition) is 0. The average Bonchev–Trinajstić information content (AvgIpc) is 2.39. The van der Waals surface area contributed by atoms with E-state index in [4.69, 9.17) is 32.7 Å². The van der Waals surface area contributed by atoms with E-state index in [1.54, 1.807) is 30.5 Å². The molecule has 0 unspecified atom stereocenters. The van der Waals surface area contributed by atoms with E-state index in [0.717, 1.165) is 0 Å². The third kappa shape index (κ3) is 4.12. The Morgan fingerprint density at radius 2 is 2.11 bits per heavy atom. The Morgan fingerprint density at radius 1 is 1.26 bits per heavy atom. The number of carbonyl (C=O) groups excluding carboxylic acids is 1. The summed E-state index contributed by atoms with van der Waals surface area (Å²) in [6.45, 7) is -0.254. The van der Waals surface area contributed by atoms with Gasteiger partial charge in [-0.05, 0) is 30.3 Å². The molecule has 0 N–H and O–H groups in total. The minimum atomic E-state index is -0.543. The number of esters is 1. The zero-order chi connectivity index (χ0) is 13.7. The topological polar surface area (TPSA) is 48.4 Å². The molecule has 0 fully saturated rings. The molecular formula is C13H9Cl2NO3. The van der Waals surface area contributed by atoms with Gasteiger partial charge in [0.15, 0.2) is 6.61 Å². The molecule has 2 rings (SSSR count). The lowest BCUT2D eigenvalue weighted by atomic mass is 10.3. The quantitative estimate of drug-likeness (QED) is 0.812. The van der Waals surface area contributed by atoms with Gasteiger partial charge in [-0.1, -0.05) is 23.2 Å². The van der Waals surface area contributed by atoms with E-state index in [-0.39, 0.29) is 6.61 Å². The van der Waals surface area contributed by atoms with Crippen molar-refractivity contribution < 1.29 is 14.3 Å². The predicted octanol–water partition coefficient (Wildman–Crippen LogP) is 3.37. The van der Waals surface area contributed by atoms with Crippen LogP contribution in [0.3, 0.4) is 0 Å². The summed E-state index contributed by atoms with van der Waals surface area (Å²) in [6, 6.07) is 8.03. The summed E-state index contributed by atoms with van der Waals surface area (Å²) < 4.78 is 10.2. The lowest BCUT2D eigenvalue weighted by Crippen LogP contribution is -2.17. The highest BCUT2D eigenvalue weighted by atomic mass is 35.5. The third-order valence-electron chi connectivity index (χ3n) is 2.11. The minimum absolute atomic E-state index is 0.254. The van der Waals surface area contributed by atoms with Gasteiger partial charge < -0.3 is 9.47 Å². The summed E-state index contributed by atoms with van der Waals surface area (Å²) in [5, 5.41) is 0.831. The molecule has 0 aliphatic rings. The van der Waals surface area contributed by atoms with Crippen LogP contribution < -0.4 is 9.47 Å². The number of halogens is 2. The molecule has 0 saturated heterocycles. The smallest absolute Gasteiger partial charge is 0.349 e. The van der Waals surface area contributed by atoms with Gasteiger partial charge in [0.05, 0.1) is 11.2 Å². The van der Waals surface area contributed by atoms with Crippen LogP contribution in [0, 0.1) is 0 Å². The van der Waals surface area contributed by atoms with E-state index >= 15 is 0 Å². The second-order valence-electron chi connectivity index (χ2n) is 3.53. The number of nitrogens with zero attached hydrogens (tertiary/aromatic N) is 1. The molecule has 0 bridgehead atoms. The number of benzene rings is 1. The fraction of sp³-hybridized carbons (Fsp3) is 0.0769. The van der Waals surface area contributed by atoms with Crippen LogP contribution in [0.4, 0.5) is 0 Å². The van der Waals surface area contributed by atoms with Gasteiger partial charge in [-0.25, -0.2) is 4.79 Å². The van der Waals surface area contributed by atoms with E-state index in [9.17, 15) is 4.79 Å². The molecule has 1 heterocycles. The van der Waals surface area contributed by atoms with Gasteiger partial charge in [-0.3, -0.25) is 4.98 Å². The molecule has 98 valence electrons. The molecule has 0 spiro atoms. The largest absolute Gasteiger partial charge is 0.480 e. The van der Waals surface area contributed by atoms with Crippen LogP contribution in [-0.2, 0) is 4.79 Å². The van der Waals surface area contributed by atoms with Crippen molar-refractivity contribution >= 4 is 29.2 Å². The first-order valence-corrected chi connectivity index (χ1v) is 6.09. The van der Waals surface area contributed by atoms with Gasteiger partial charge in [0.1, 0.15) is 11.5 Å². The summed E-state index contributed by atoms with van der Waals surface area (Å²) in [4.78, 5) is 15.3. The molecule has 4 nitrogen and oxygen atoms in total. The average molecular weight is 298 g/mol. The Hall–Kier alpha value is -1.78. The zero-order valence-corrected chi connectivity index (χ0v) is 11.2. The molecule has 0 aliphatic carbocycles. The van der Waals surface area contributed by atoms with E-state index in [1.807, 2.05) is 0 Å². The van der Waals surface area contributed by atoms with Crippen LogP contribution in [0.5, 0.6) is 11.5 Å². The van der Waals surface area contributed by atoms with Gasteiger partial charge in [-0.2, -0.15) is 0 Å². The molecule has 1 aromatic heterocycles. The molecule has 1 aromatic carbocycles.